The fourth-order valence-electron chi connectivity index (χ4n) is 1.35. The molecule has 0 fully saturated rings. The number of rotatable bonds is 5. The van der Waals surface area contributed by atoms with Crippen LogP contribution in [0.2, 0.25) is 0 Å². The van der Waals surface area contributed by atoms with E-state index in [9.17, 15) is 9.90 Å². The second-order valence-electron chi connectivity index (χ2n) is 3.26. The third kappa shape index (κ3) is 3.48. The highest BCUT2D eigenvalue weighted by Crippen LogP contribution is 2.20. The van der Waals surface area contributed by atoms with E-state index in [0.29, 0.717) is 5.56 Å². The van der Waals surface area contributed by atoms with Gasteiger partial charge in [-0.25, -0.2) is 0 Å². The van der Waals surface area contributed by atoms with E-state index in [-0.39, 0.29) is 6.61 Å². The van der Waals surface area contributed by atoms with Crippen LogP contribution in [0.25, 0.3) is 10.4 Å². The Morgan fingerprint density at radius 1 is 1.53 bits per heavy atom. The third-order valence-corrected chi connectivity index (χ3v) is 2.14. The lowest BCUT2D eigenvalue weighted by molar-refractivity contribution is -0.147. The van der Waals surface area contributed by atoms with Crippen LogP contribution in [0.4, 0.5) is 0 Å². The summed E-state index contributed by atoms with van der Waals surface area (Å²) in [6.07, 6.45) is -1.20. The summed E-state index contributed by atoms with van der Waals surface area (Å²) >= 11 is 0. The second kappa shape index (κ2) is 6.52. The highest BCUT2D eigenvalue weighted by molar-refractivity contribution is 5.77. The molecule has 0 radical (unpaired) electrons. The predicted molar refractivity (Wildman–Crippen MR) is 61.0 cm³/mol. The van der Waals surface area contributed by atoms with Gasteiger partial charge in [-0.15, -0.1) is 0 Å². The van der Waals surface area contributed by atoms with Gasteiger partial charge in [-0.05, 0) is 18.0 Å². The first-order valence-electron chi connectivity index (χ1n) is 5.14. The molecule has 0 saturated heterocycles. The normalized spacial score (nSPS) is 13.3. The van der Waals surface area contributed by atoms with Crippen LogP contribution < -0.4 is 0 Å². The molecular weight excluding hydrogens is 222 g/mol. The first-order chi connectivity index (χ1) is 8.20. The minimum atomic E-state index is -1.26. The van der Waals surface area contributed by atoms with Crippen molar-refractivity contribution in [3.63, 3.8) is 0 Å². The topological polar surface area (TPSA) is 95.3 Å². The van der Waals surface area contributed by atoms with Crippen LogP contribution in [0.15, 0.2) is 35.4 Å². The molecule has 2 atom stereocenters. The van der Waals surface area contributed by atoms with Crippen molar-refractivity contribution in [3.05, 3.63) is 46.3 Å². The molecule has 0 heterocycles. The number of nitrogens with zero attached hydrogens (tertiary/aromatic N) is 3. The molecule has 6 nitrogen and oxygen atoms in total. The Morgan fingerprint density at radius 3 is 2.71 bits per heavy atom. The van der Waals surface area contributed by atoms with E-state index >= 15 is 0 Å². The molecule has 0 aliphatic rings. The van der Waals surface area contributed by atoms with Gasteiger partial charge in [-0.1, -0.05) is 35.4 Å². The number of carbonyl (C=O) groups is 1. The summed E-state index contributed by atoms with van der Waals surface area (Å²) in [7, 11) is 0. The minimum Gasteiger partial charge on any atom is -0.466 e. The van der Waals surface area contributed by atoms with Crippen molar-refractivity contribution < 1.29 is 14.6 Å². The molecule has 1 N–H and O–H groups in total. The van der Waals surface area contributed by atoms with Gasteiger partial charge in [0.25, 0.3) is 0 Å². The summed E-state index contributed by atoms with van der Waals surface area (Å²) in [6, 6.07) is 7.24. The van der Waals surface area contributed by atoms with Crippen LogP contribution in [0, 0.1) is 0 Å². The van der Waals surface area contributed by atoms with Gasteiger partial charge in [0.2, 0.25) is 0 Å². The zero-order valence-electron chi connectivity index (χ0n) is 9.35. The van der Waals surface area contributed by atoms with Crippen molar-refractivity contribution in [2.75, 3.05) is 6.61 Å². The number of hydrogen-bond donors (Lipinski definition) is 1. The molecule has 0 aromatic heterocycles. The molecule has 17 heavy (non-hydrogen) atoms. The highest BCUT2D eigenvalue weighted by Gasteiger charge is 2.28. The smallest absolute Gasteiger partial charge is 0.317 e. The monoisotopic (exact) mass is 235 g/mol. The summed E-state index contributed by atoms with van der Waals surface area (Å²) in [4.78, 5) is 14.1. The minimum absolute atomic E-state index is 0.164. The van der Waals surface area contributed by atoms with Crippen LogP contribution in [0.1, 0.15) is 18.6 Å². The SMILES string of the molecule is CCOC(=O)[C@H](N=[N+]=[N-])[C@H](O)c1ccccc1. The van der Waals surface area contributed by atoms with Gasteiger partial charge in [0.15, 0.2) is 6.04 Å². The van der Waals surface area contributed by atoms with Crippen molar-refractivity contribution in [1.29, 1.82) is 0 Å². The largest absolute Gasteiger partial charge is 0.466 e. The van der Waals surface area contributed by atoms with E-state index in [1.165, 1.54) is 0 Å². The molecule has 1 rings (SSSR count). The van der Waals surface area contributed by atoms with Crippen molar-refractivity contribution in [2.45, 2.75) is 19.1 Å². The molecular formula is C11H13N3O3. The number of benzene rings is 1. The highest BCUT2D eigenvalue weighted by atomic mass is 16.5. The number of aliphatic hydroxyl groups excluding tert-OH is 1. The van der Waals surface area contributed by atoms with E-state index in [1.54, 1.807) is 37.3 Å². The molecule has 90 valence electrons. The third-order valence-electron chi connectivity index (χ3n) is 2.14. The maximum Gasteiger partial charge on any atom is 0.317 e. The second-order valence-corrected chi connectivity index (χ2v) is 3.26. The van der Waals surface area contributed by atoms with Crippen LogP contribution in [0.5, 0.6) is 0 Å². The van der Waals surface area contributed by atoms with Gasteiger partial charge in [-0.2, -0.15) is 0 Å². The lowest BCUT2D eigenvalue weighted by Gasteiger charge is -2.17. The molecule has 6 heteroatoms. The van der Waals surface area contributed by atoms with E-state index in [2.05, 4.69) is 10.0 Å². The Kier molecular flexibility index (Phi) is 5.00. The van der Waals surface area contributed by atoms with E-state index in [1.807, 2.05) is 0 Å². The van der Waals surface area contributed by atoms with E-state index < -0.39 is 18.1 Å². The van der Waals surface area contributed by atoms with Crippen LogP contribution in [0.3, 0.4) is 0 Å². The fourth-order valence-corrected chi connectivity index (χ4v) is 1.35. The summed E-state index contributed by atoms with van der Waals surface area (Å²) in [5, 5.41) is 13.2. The molecule has 1 aromatic carbocycles. The van der Waals surface area contributed by atoms with Gasteiger partial charge < -0.3 is 9.84 Å². The Bertz CT molecular complexity index is 415. The quantitative estimate of drug-likeness (QED) is 0.365. The van der Waals surface area contributed by atoms with Crippen LogP contribution in [-0.2, 0) is 9.53 Å². The van der Waals surface area contributed by atoms with Crippen LogP contribution >= 0.6 is 0 Å². The van der Waals surface area contributed by atoms with Crippen molar-refractivity contribution in [3.8, 4) is 0 Å². The molecule has 0 saturated carbocycles. The van der Waals surface area contributed by atoms with Crippen molar-refractivity contribution in [2.24, 2.45) is 5.11 Å². The predicted octanol–water partition coefficient (Wildman–Crippen LogP) is 1.96. The van der Waals surface area contributed by atoms with Crippen molar-refractivity contribution >= 4 is 5.97 Å². The first-order valence-corrected chi connectivity index (χ1v) is 5.14. The number of aliphatic hydroxyl groups is 1. The molecule has 1 aromatic rings. The van der Waals surface area contributed by atoms with Gasteiger partial charge in [0.1, 0.15) is 0 Å². The van der Waals surface area contributed by atoms with E-state index in [0.717, 1.165) is 0 Å². The molecule has 0 amide bonds. The molecule has 0 spiro atoms. The van der Waals surface area contributed by atoms with Gasteiger partial charge in [0.05, 0.1) is 12.7 Å². The lowest BCUT2D eigenvalue weighted by atomic mass is 10.0. The number of carbonyl (C=O) groups excluding carboxylic acids is 1. The summed E-state index contributed by atoms with van der Waals surface area (Å²) in [6.45, 7) is 1.80. The Hall–Kier alpha value is -2.04. The summed E-state index contributed by atoms with van der Waals surface area (Å²) in [5.41, 5.74) is 8.89. The van der Waals surface area contributed by atoms with Crippen LogP contribution in [-0.4, -0.2) is 23.7 Å². The first kappa shape index (κ1) is 13.0. The van der Waals surface area contributed by atoms with Gasteiger partial charge >= 0.3 is 5.97 Å². The zero-order chi connectivity index (χ0) is 12.7. The molecule has 0 aliphatic heterocycles. The number of esters is 1. The summed E-state index contributed by atoms with van der Waals surface area (Å²) in [5.74, 6) is -0.735. The summed E-state index contributed by atoms with van der Waals surface area (Å²) < 4.78 is 4.74. The average Bonchev–Trinajstić information content (AvgIpc) is 2.36. The number of hydrogen-bond acceptors (Lipinski definition) is 4. The molecule has 0 bridgehead atoms. The zero-order valence-corrected chi connectivity index (χ0v) is 9.35. The standard InChI is InChI=1S/C11H13N3O3/c1-2-17-11(16)9(13-14-12)10(15)8-6-4-3-5-7-8/h3-7,9-10,15H,2H2,1H3/t9-,10-/m1/s1. The number of azide groups is 1. The Morgan fingerprint density at radius 2 is 2.18 bits per heavy atom. The van der Waals surface area contributed by atoms with E-state index in [4.69, 9.17) is 10.3 Å². The molecule has 0 aliphatic carbocycles. The van der Waals surface area contributed by atoms with Gasteiger partial charge in [-0.3, -0.25) is 4.79 Å². The van der Waals surface area contributed by atoms with Crippen molar-refractivity contribution in [1.82, 2.24) is 0 Å². The maximum absolute atomic E-state index is 11.5. The fraction of sp³-hybridized carbons (Fsp3) is 0.364. The Labute approximate surface area is 98.5 Å². The Balaban J connectivity index is 2.91. The maximum atomic E-state index is 11.5. The number of ether oxygens (including phenoxy) is 1. The molecule has 0 unspecified atom stereocenters. The van der Waals surface area contributed by atoms with Gasteiger partial charge in [0, 0.05) is 4.91 Å². The average molecular weight is 235 g/mol. The lowest BCUT2D eigenvalue weighted by Crippen LogP contribution is -2.28.